The van der Waals surface area contributed by atoms with Crippen LogP contribution >= 0.6 is 11.3 Å². The molecule has 1 saturated heterocycles. The number of benzene rings is 1. The second-order valence-corrected chi connectivity index (χ2v) is 7.49. The smallest absolute Gasteiger partial charge is 0.338 e. The molecule has 142 valence electrons. The number of hydrogen-bond acceptors (Lipinski definition) is 5. The van der Waals surface area contributed by atoms with Gasteiger partial charge in [-0.15, -0.1) is 11.3 Å². The van der Waals surface area contributed by atoms with E-state index in [0.29, 0.717) is 25.1 Å². The first-order valence-corrected chi connectivity index (χ1v) is 9.78. The normalized spacial score (nSPS) is 14.9. The summed E-state index contributed by atoms with van der Waals surface area (Å²) in [4.78, 5) is 38.8. The zero-order valence-electron chi connectivity index (χ0n) is 15.1. The van der Waals surface area contributed by atoms with Crippen molar-refractivity contribution in [3.63, 3.8) is 0 Å². The van der Waals surface area contributed by atoms with Crippen molar-refractivity contribution >= 4 is 29.1 Å². The Morgan fingerprint density at radius 2 is 2.04 bits per heavy atom. The molecule has 1 aliphatic rings. The number of nitrogens with one attached hydrogen (secondary N) is 1. The van der Waals surface area contributed by atoms with Crippen LogP contribution in [0.1, 0.15) is 40.6 Å². The summed E-state index contributed by atoms with van der Waals surface area (Å²) in [6, 6.07) is 10.8. The predicted octanol–water partition coefficient (Wildman–Crippen LogP) is 2.73. The molecule has 1 aromatic heterocycles. The fraction of sp³-hybridized carbons (Fsp3) is 0.350. The number of rotatable bonds is 7. The van der Waals surface area contributed by atoms with Crippen LogP contribution in [-0.2, 0) is 27.4 Å². The summed E-state index contributed by atoms with van der Waals surface area (Å²) < 4.78 is 5.25. The molecular formula is C20H22N2O4S. The van der Waals surface area contributed by atoms with Crippen molar-refractivity contribution in [3.05, 3.63) is 57.8 Å². The van der Waals surface area contributed by atoms with Crippen molar-refractivity contribution in [2.24, 2.45) is 0 Å². The molecule has 27 heavy (non-hydrogen) atoms. The third-order valence-corrected chi connectivity index (χ3v) is 5.28. The van der Waals surface area contributed by atoms with Crippen LogP contribution in [0.5, 0.6) is 0 Å². The second kappa shape index (κ2) is 8.81. The molecule has 6 nitrogen and oxygen atoms in total. The standard InChI is InChI=1S/C20H22N2O4S/c1-14(19(24)21-12-17-4-3-11-27-17)26-20(25)16-8-6-15(7-9-16)13-22-10-2-5-18(22)23/h3-4,6-9,11,14H,2,5,10,12-13H2,1H3,(H,21,24)/t14-/m1/s1. The number of likely N-dealkylation sites (tertiary alicyclic amines) is 1. The quantitative estimate of drug-likeness (QED) is 0.743. The van der Waals surface area contributed by atoms with E-state index in [2.05, 4.69) is 5.32 Å². The van der Waals surface area contributed by atoms with Crippen molar-refractivity contribution < 1.29 is 19.1 Å². The molecule has 1 aliphatic heterocycles. The molecule has 1 N–H and O–H groups in total. The first kappa shape index (κ1) is 19.1. The van der Waals surface area contributed by atoms with Gasteiger partial charge >= 0.3 is 5.97 Å². The number of carbonyl (C=O) groups excluding carboxylic acids is 3. The lowest BCUT2D eigenvalue weighted by atomic mass is 10.1. The van der Waals surface area contributed by atoms with Crippen LogP contribution in [0, 0.1) is 0 Å². The van der Waals surface area contributed by atoms with Gasteiger partial charge in [0.1, 0.15) is 0 Å². The summed E-state index contributed by atoms with van der Waals surface area (Å²) in [5, 5.41) is 4.69. The minimum atomic E-state index is -0.876. The number of nitrogens with zero attached hydrogens (tertiary/aromatic N) is 1. The Labute approximate surface area is 162 Å². The molecule has 3 rings (SSSR count). The SMILES string of the molecule is C[C@@H](OC(=O)c1ccc(CN2CCCC2=O)cc1)C(=O)NCc1cccs1. The van der Waals surface area contributed by atoms with E-state index in [1.54, 1.807) is 30.4 Å². The summed E-state index contributed by atoms with van der Waals surface area (Å²) >= 11 is 1.55. The number of hydrogen-bond donors (Lipinski definition) is 1. The highest BCUT2D eigenvalue weighted by molar-refractivity contribution is 7.09. The Balaban J connectivity index is 1.49. The van der Waals surface area contributed by atoms with Crippen LogP contribution in [0.4, 0.5) is 0 Å². The molecule has 7 heteroatoms. The third-order valence-electron chi connectivity index (χ3n) is 4.40. The van der Waals surface area contributed by atoms with Crippen LogP contribution in [-0.4, -0.2) is 35.3 Å². The maximum Gasteiger partial charge on any atom is 0.338 e. The van der Waals surface area contributed by atoms with Gasteiger partial charge in [0.15, 0.2) is 6.10 Å². The van der Waals surface area contributed by atoms with Gasteiger partial charge < -0.3 is 15.0 Å². The molecule has 0 saturated carbocycles. The maximum absolute atomic E-state index is 12.2. The van der Waals surface area contributed by atoms with Crippen molar-refractivity contribution in [1.82, 2.24) is 10.2 Å². The molecule has 0 aliphatic carbocycles. The lowest BCUT2D eigenvalue weighted by molar-refractivity contribution is -0.129. The van der Waals surface area contributed by atoms with Crippen molar-refractivity contribution in [2.75, 3.05) is 6.54 Å². The van der Waals surface area contributed by atoms with E-state index >= 15 is 0 Å². The molecule has 0 bridgehead atoms. The van der Waals surface area contributed by atoms with Crippen LogP contribution in [0.2, 0.25) is 0 Å². The van der Waals surface area contributed by atoms with Gasteiger partial charge in [0.25, 0.3) is 5.91 Å². The molecule has 1 fully saturated rings. The fourth-order valence-corrected chi connectivity index (χ4v) is 3.50. The first-order chi connectivity index (χ1) is 13.0. The number of esters is 1. The van der Waals surface area contributed by atoms with Crippen LogP contribution in [0.25, 0.3) is 0 Å². The minimum absolute atomic E-state index is 0.167. The van der Waals surface area contributed by atoms with Gasteiger partial charge in [-0.25, -0.2) is 4.79 Å². The molecule has 1 atom stereocenters. The van der Waals surface area contributed by atoms with Gasteiger partial charge in [0, 0.05) is 24.4 Å². The largest absolute Gasteiger partial charge is 0.449 e. The van der Waals surface area contributed by atoms with Gasteiger partial charge in [0.2, 0.25) is 5.91 Å². The van der Waals surface area contributed by atoms with Crippen molar-refractivity contribution in [1.29, 1.82) is 0 Å². The van der Waals surface area contributed by atoms with Crippen molar-refractivity contribution in [3.8, 4) is 0 Å². The average Bonchev–Trinajstić information content (AvgIpc) is 3.32. The Kier molecular flexibility index (Phi) is 6.24. The van der Waals surface area contributed by atoms with Crippen LogP contribution in [0.15, 0.2) is 41.8 Å². The van der Waals surface area contributed by atoms with Gasteiger partial charge in [0.05, 0.1) is 12.1 Å². The Hall–Kier alpha value is -2.67. The number of thiophene rings is 1. The monoisotopic (exact) mass is 386 g/mol. The van der Waals surface area contributed by atoms with E-state index in [-0.39, 0.29) is 11.8 Å². The lowest BCUT2D eigenvalue weighted by Crippen LogP contribution is -2.35. The zero-order valence-corrected chi connectivity index (χ0v) is 16.0. The highest BCUT2D eigenvalue weighted by atomic mass is 32.1. The number of carbonyl (C=O) groups is 3. The van der Waals surface area contributed by atoms with E-state index in [1.165, 1.54) is 0 Å². The highest BCUT2D eigenvalue weighted by Crippen LogP contribution is 2.15. The summed E-state index contributed by atoms with van der Waals surface area (Å²) in [5.41, 5.74) is 1.34. The third kappa shape index (κ3) is 5.17. The van der Waals surface area contributed by atoms with Gasteiger partial charge in [-0.2, -0.15) is 0 Å². The second-order valence-electron chi connectivity index (χ2n) is 6.46. The number of amides is 2. The highest BCUT2D eigenvalue weighted by Gasteiger charge is 2.21. The Morgan fingerprint density at radius 1 is 1.26 bits per heavy atom. The summed E-state index contributed by atoms with van der Waals surface area (Å²) in [6.07, 6.45) is 0.631. The van der Waals surface area contributed by atoms with E-state index < -0.39 is 12.1 Å². The molecule has 0 unspecified atom stereocenters. The molecular weight excluding hydrogens is 364 g/mol. The molecule has 0 spiro atoms. The predicted molar refractivity (Wildman–Crippen MR) is 102 cm³/mol. The first-order valence-electron chi connectivity index (χ1n) is 8.91. The van der Waals surface area contributed by atoms with E-state index in [4.69, 9.17) is 4.74 Å². The lowest BCUT2D eigenvalue weighted by Gasteiger charge is -2.16. The topological polar surface area (TPSA) is 75.7 Å². The van der Waals surface area contributed by atoms with E-state index in [0.717, 1.165) is 23.4 Å². The zero-order chi connectivity index (χ0) is 19.2. The average molecular weight is 386 g/mol. The summed E-state index contributed by atoms with van der Waals surface area (Å²) in [6.45, 7) is 3.30. The molecule has 2 heterocycles. The minimum Gasteiger partial charge on any atom is -0.449 e. The molecule has 1 aromatic carbocycles. The summed E-state index contributed by atoms with van der Waals surface area (Å²) in [5.74, 6) is -0.709. The Morgan fingerprint density at radius 3 is 2.67 bits per heavy atom. The summed E-state index contributed by atoms with van der Waals surface area (Å²) in [7, 11) is 0. The van der Waals surface area contributed by atoms with Gasteiger partial charge in [-0.3, -0.25) is 9.59 Å². The molecule has 2 amide bonds. The number of ether oxygens (including phenoxy) is 1. The van der Waals surface area contributed by atoms with Gasteiger partial charge in [-0.1, -0.05) is 18.2 Å². The molecule has 0 radical (unpaired) electrons. The van der Waals surface area contributed by atoms with Crippen molar-refractivity contribution in [2.45, 2.75) is 39.0 Å². The van der Waals surface area contributed by atoms with E-state index in [1.807, 2.05) is 34.5 Å². The Bertz CT molecular complexity index is 802. The van der Waals surface area contributed by atoms with E-state index in [9.17, 15) is 14.4 Å². The fourth-order valence-electron chi connectivity index (χ4n) is 2.85. The van der Waals surface area contributed by atoms with Crippen LogP contribution in [0.3, 0.4) is 0 Å². The molecule has 2 aromatic rings. The van der Waals surface area contributed by atoms with Crippen LogP contribution < -0.4 is 5.32 Å². The maximum atomic E-state index is 12.2. The van der Waals surface area contributed by atoms with Gasteiger partial charge in [-0.05, 0) is 42.5 Å².